The minimum Gasteiger partial charge on any atom is -0.392 e. The molecule has 64 valence electrons. The molecule has 0 aromatic rings. The summed E-state index contributed by atoms with van der Waals surface area (Å²) in [5.74, 6) is 1.20. The standard InChI is InChI=1S/C9H17NO/c1-10(2)8-5-6-3-4-7(8)9(6)11/h6-9,11H,3-5H2,1-2H3/t6-,7+,8-,9+/m1/s1. The summed E-state index contributed by atoms with van der Waals surface area (Å²) in [5, 5.41) is 9.72. The largest absolute Gasteiger partial charge is 0.392 e. The molecule has 0 aromatic carbocycles. The first kappa shape index (κ1) is 7.56. The van der Waals surface area contributed by atoms with E-state index < -0.39 is 0 Å². The molecule has 2 fully saturated rings. The summed E-state index contributed by atoms with van der Waals surface area (Å²) in [6.07, 6.45) is 3.74. The zero-order chi connectivity index (χ0) is 8.01. The first-order chi connectivity index (χ1) is 5.20. The Kier molecular flexibility index (Phi) is 1.69. The van der Waals surface area contributed by atoms with Crippen molar-refractivity contribution in [3.05, 3.63) is 0 Å². The average Bonchev–Trinajstić information content (AvgIpc) is 2.46. The Labute approximate surface area is 68.2 Å². The number of rotatable bonds is 1. The molecule has 0 heterocycles. The van der Waals surface area contributed by atoms with Crippen molar-refractivity contribution >= 4 is 0 Å². The molecule has 0 unspecified atom stereocenters. The molecular formula is C9H17NO. The van der Waals surface area contributed by atoms with E-state index in [-0.39, 0.29) is 6.10 Å². The number of aliphatic hydroxyl groups is 1. The van der Waals surface area contributed by atoms with Crippen molar-refractivity contribution in [2.24, 2.45) is 11.8 Å². The zero-order valence-corrected chi connectivity index (χ0v) is 7.33. The lowest BCUT2D eigenvalue weighted by Gasteiger charge is -2.27. The number of hydrogen-bond donors (Lipinski definition) is 1. The van der Waals surface area contributed by atoms with Crippen molar-refractivity contribution in [3.8, 4) is 0 Å². The van der Waals surface area contributed by atoms with Crippen LogP contribution in [-0.2, 0) is 0 Å². The summed E-state index contributed by atoms with van der Waals surface area (Å²) in [5.41, 5.74) is 0. The molecule has 4 atom stereocenters. The third-order valence-corrected chi connectivity index (χ3v) is 3.49. The average molecular weight is 155 g/mol. The van der Waals surface area contributed by atoms with Gasteiger partial charge in [-0.25, -0.2) is 0 Å². The predicted octanol–water partition coefficient (Wildman–Crippen LogP) is 0.707. The molecule has 2 nitrogen and oxygen atoms in total. The van der Waals surface area contributed by atoms with E-state index in [0.717, 1.165) is 0 Å². The van der Waals surface area contributed by atoms with Crippen molar-refractivity contribution in [2.45, 2.75) is 31.4 Å². The number of fused-ring (bicyclic) bond motifs is 2. The molecule has 1 N–H and O–H groups in total. The molecule has 0 aliphatic heterocycles. The minimum absolute atomic E-state index is 0.0161. The summed E-state index contributed by atoms with van der Waals surface area (Å²) in [6, 6.07) is 0.656. The molecule has 0 amide bonds. The van der Waals surface area contributed by atoms with Crippen LogP contribution in [0.25, 0.3) is 0 Å². The molecule has 2 heteroatoms. The van der Waals surface area contributed by atoms with Crippen molar-refractivity contribution in [2.75, 3.05) is 14.1 Å². The number of hydrogen-bond acceptors (Lipinski definition) is 2. The highest BCUT2D eigenvalue weighted by molar-refractivity contribution is 5.00. The first-order valence-electron chi connectivity index (χ1n) is 4.54. The summed E-state index contributed by atoms with van der Waals surface area (Å²) < 4.78 is 0. The van der Waals surface area contributed by atoms with Gasteiger partial charge in [-0.05, 0) is 39.3 Å². The van der Waals surface area contributed by atoms with E-state index in [2.05, 4.69) is 19.0 Å². The normalized spacial score (nSPS) is 49.1. The topological polar surface area (TPSA) is 23.5 Å². The Balaban J connectivity index is 2.09. The monoisotopic (exact) mass is 155 g/mol. The van der Waals surface area contributed by atoms with E-state index >= 15 is 0 Å². The van der Waals surface area contributed by atoms with Gasteiger partial charge in [-0.2, -0.15) is 0 Å². The Morgan fingerprint density at radius 2 is 2.00 bits per heavy atom. The molecule has 0 radical (unpaired) electrons. The van der Waals surface area contributed by atoms with Crippen molar-refractivity contribution < 1.29 is 5.11 Å². The van der Waals surface area contributed by atoms with Gasteiger partial charge in [0, 0.05) is 12.0 Å². The maximum absolute atomic E-state index is 9.72. The van der Waals surface area contributed by atoms with Crippen LogP contribution in [0.3, 0.4) is 0 Å². The molecule has 0 aromatic heterocycles. The highest BCUT2D eigenvalue weighted by atomic mass is 16.3. The molecular weight excluding hydrogens is 138 g/mol. The SMILES string of the molecule is CN(C)[C@@H]1C[C@H]2CC[C@@H]1[C@H]2O. The Bertz CT molecular complexity index is 158. The van der Waals surface area contributed by atoms with Crippen molar-refractivity contribution in [1.82, 2.24) is 4.90 Å². The van der Waals surface area contributed by atoms with E-state index in [1.54, 1.807) is 0 Å². The second-order valence-corrected chi connectivity index (χ2v) is 4.26. The summed E-state index contributed by atoms with van der Waals surface area (Å²) in [6.45, 7) is 0. The Hall–Kier alpha value is -0.0800. The van der Waals surface area contributed by atoms with Gasteiger partial charge < -0.3 is 10.0 Å². The van der Waals surface area contributed by atoms with E-state index in [4.69, 9.17) is 0 Å². The van der Waals surface area contributed by atoms with Gasteiger partial charge >= 0.3 is 0 Å². The minimum atomic E-state index is 0.0161. The zero-order valence-electron chi connectivity index (χ0n) is 7.33. The van der Waals surface area contributed by atoms with Gasteiger partial charge in [0.15, 0.2) is 0 Å². The highest BCUT2D eigenvalue weighted by Gasteiger charge is 2.47. The van der Waals surface area contributed by atoms with Crippen molar-refractivity contribution in [3.63, 3.8) is 0 Å². The second-order valence-electron chi connectivity index (χ2n) is 4.26. The third-order valence-electron chi connectivity index (χ3n) is 3.49. The summed E-state index contributed by atoms with van der Waals surface area (Å²) in [7, 11) is 4.25. The van der Waals surface area contributed by atoms with Gasteiger partial charge in [-0.15, -0.1) is 0 Å². The van der Waals surface area contributed by atoms with E-state index in [1.807, 2.05) is 0 Å². The fraction of sp³-hybridized carbons (Fsp3) is 1.00. The molecule has 2 bridgehead atoms. The lowest BCUT2D eigenvalue weighted by molar-refractivity contribution is 0.111. The molecule has 2 rings (SSSR count). The molecule has 2 aliphatic rings. The smallest absolute Gasteiger partial charge is 0.0612 e. The van der Waals surface area contributed by atoms with Crippen LogP contribution in [0, 0.1) is 11.8 Å². The van der Waals surface area contributed by atoms with Crippen LogP contribution in [0.4, 0.5) is 0 Å². The van der Waals surface area contributed by atoms with Crippen LogP contribution >= 0.6 is 0 Å². The molecule has 2 aliphatic carbocycles. The molecule has 2 saturated carbocycles. The number of aliphatic hydroxyl groups excluding tert-OH is 1. The Morgan fingerprint density at radius 1 is 1.27 bits per heavy atom. The maximum atomic E-state index is 9.72. The Morgan fingerprint density at radius 3 is 2.27 bits per heavy atom. The van der Waals surface area contributed by atoms with Crippen LogP contribution in [0.15, 0.2) is 0 Å². The van der Waals surface area contributed by atoms with Gasteiger partial charge in [-0.1, -0.05) is 0 Å². The molecule has 11 heavy (non-hydrogen) atoms. The van der Waals surface area contributed by atoms with Gasteiger partial charge in [0.05, 0.1) is 6.10 Å². The number of nitrogens with zero attached hydrogens (tertiary/aromatic N) is 1. The first-order valence-corrected chi connectivity index (χ1v) is 4.54. The van der Waals surface area contributed by atoms with Crippen LogP contribution in [-0.4, -0.2) is 36.2 Å². The lowest BCUT2D eigenvalue weighted by atomic mass is 9.95. The van der Waals surface area contributed by atoms with E-state index in [9.17, 15) is 5.11 Å². The third kappa shape index (κ3) is 1.00. The second kappa shape index (κ2) is 2.46. The summed E-state index contributed by atoms with van der Waals surface area (Å²) in [4.78, 5) is 2.27. The predicted molar refractivity (Wildman–Crippen MR) is 44.3 cm³/mol. The highest BCUT2D eigenvalue weighted by Crippen LogP contribution is 2.46. The van der Waals surface area contributed by atoms with Crippen LogP contribution in [0.5, 0.6) is 0 Å². The van der Waals surface area contributed by atoms with Crippen LogP contribution in [0.2, 0.25) is 0 Å². The van der Waals surface area contributed by atoms with Crippen LogP contribution < -0.4 is 0 Å². The van der Waals surface area contributed by atoms with Gasteiger partial charge in [0.1, 0.15) is 0 Å². The fourth-order valence-electron chi connectivity index (χ4n) is 2.85. The fourth-order valence-corrected chi connectivity index (χ4v) is 2.85. The maximum Gasteiger partial charge on any atom is 0.0612 e. The lowest BCUT2D eigenvalue weighted by Crippen LogP contribution is -2.34. The molecule has 0 spiro atoms. The summed E-state index contributed by atoms with van der Waals surface area (Å²) >= 11 is 0. The van der Waals surface area contributed by atoms with E-state index in [1.165, 1.54) is 19.3 Å². The van der Waals surface area contributed by atoms with E-state index in [0.29, 0.717) is 17.9 Å². The van der Waals surface area contributed by atoms with Crippen LogP contribution in [0.1, 0.15) is 19.3 Å². The van der Waals surface area contributed by atoms with Gasteiger partial charge in [0.25, 0.3) is 0 Å². The quantitative estimate of drug-likeness (QED) is 0.602. The van der Waals surface area contributed by atoms with Gasteiger partial charge in [0.2, 0.25) is 0 Å². The van der Waals surface area contributed by atoms with Gasteiger partial charge in [-0.3, -0.25) is 0 Å². The molecule has 0 saturated heterocycles. The van der Waals surface area contributed by atoms with Crippen molar-refractivity contribution in [1.29, 1.82) is 0 Å².